The number of halogens is 3. The van der Waals surface area contributed by atoms with Crippen LogP contribution in [0.15, 0.2) is 45.3 Å². The Kier molecular flexibility index (Phi) is 2.63. The Morgan fingerprint density at radius 2 is 1.78 bits per heavy atom. The van der Waals surface area contributed by atoms with Gasteiger partial charge in [0.15, 0.2) is 11.4 Å². The number of rotatable bonds is 1. The summed E-state index contributed by atoms with van der Waals surface area (Å²) in [5.41, 5.74) is 1.11. The molecule has 90 valence electrons. The van der Waals surface area contributed by atoms with Gasteiger partial charge in [-0.3, -0.25) is 0 Å². The van der Waals surface area contributed by atoms with Gasteiger partial charge in [-0.25, -0.2) is 13.8 Å². The molecule has 18 heavy (non-hydrogen) atoms. The fraction of sp³-hybridized carbons (Fsp3) is 0. The number of hydrogen-bond acceptors (Lipinski definition) is 2. The van der Waals surface area contributed by atoms with E-state index < -0.39 is 5.82 Å². The SMILES string of the molecule is Fc1ccc(-c2nc3cc(Br)cc(F)c3o2)cc1. The summed E-state index contributed by atoms with van der Waals surface area (Å²) in [7, 11) is 0. The fourth-order valence-corrected chi connectivity index (χ4v) is 2.09. The van der Waals surface area contributed by atoms with Gasteiger partial charge in [0.2, 0.25) is 5.89 Å². The van der Waals surface area contributed by atoms with Crippen molar-refractivity contribution < 1.29 is 13.2 Å². The van der Waals surface area contributed by atoms with E-state index >= 15 is 0 Å². The molecule has 0 N–H and O–H groups in total. The lowest BCUT2D eigenvalue weighted by Gasteiger charge is -1.93. The van der Waals surface area contributed by atoms with Crippen LogP contribution in [0, 0.1) is 11.6 Å². The van der Waals surface area contributed by atoms with Crippen LogP contribution in [-0.2, 0) is 0 Å². The molecular weight excluding hydrogens is 304 g/mol. The summed E-state index contributed by atoms with van der Waals surface area (Å²) in [5, 5.41) is 0. The molecule has 0 fully saturated rings. The smallest absolute Gasteiger partial charge is 0.227 e. The van der Waals surface area contributed by atoms with E-state index in [1.807, 2.05) is 0 Å². The van der Waals surface area contributed by atoms with Crippen LogP contribution in [0.4, 0.5) is 8.78 Å². The molecule has 3 aromatic rings. The molecule has 0 spiro atoms. The molecule has 0 saturated carbocycles. The molecule has 0 bridgehead atoms. The maximum atomic E-state index is 13.6. The van der Waals surface area contributed by atoms with Crippen molar-refractivity contribution in [1.82, 2.24) is 4.98 Å². The van der Waals surface area contributed by atoms with Crippen LogP contribution in [-0.4, -0.2) is 4.98 Å². The predicted molar refractivity (Wildman–Crippen MR) is 67.1 cm³/mol. The van der Waals surface area contributed by atoms with Crippen molar-refractivity contribution in [3.05, 3.63) is 52.5 Å². The van der Waals surface area contributed by atoms with Gasteiger partial charge in [0.05, 0.1) is 0 Å². The van der Waals surface area contributed by atoms with Gasteiger partial charge < -0.3 is 4.42 Å². The minimum absolute atomic E-state index is 0.0949. The maximum absolute atomic E-state index is 13.6. The first-order valence-corrected chi connectivity index (χ1v) is 5.94. The van der Waals surface area contributed by atoms with Gasteiger partial charge in [-0.05, 0) is 36.4 Å². The zero-order chi connectivity index (χ0) is 12.7. The molecule has 0 saturated heterocycles. The second-order valence-electron chi connectivity index (χ2n) is 3.76. The van der Waals surface area contributed by atoms with Crippen LogP contribution >= 0.6 is 15.9 Å². The summed E-state index contributed by atoms with van der Waals surface area (Å²) in [6.45, 7) is 0. The number of aromatic nitrogens is 1. The van der Waals surface area contributed by atoms with E-state index in [9.17, 15) is 8.78 Å². The highest BCUT2D eigenvalue weighted by Gasteiger charge is 2.12. The van der Waals surface area contributed by atoms with Crippen molar-refractivity contribution in [3.8, 4) is 11.5 Å². The van der Waals surface area contributed by atoms with Gasteiger partial charge in [0, 0.05) is 10.0 Å². The van der Waals surface area contributed by atoms with E-state index in [-0.39, 0.29) is 17.3 Å². The number of nitrogens with zero attached hydrogens (tertiary/aromatic N) is 1. The van der Waals surface area contributed by atoms with Crippen LogP contribution in [0.1, 0.15) is 0 Å². The first kappa shape index (κ1) is 11.3. The quantitative estimate of drug-likeness (QED) is 0.660. The number of fused-ring (bicyclic) bond motifs is 1. The molecule has 0 atom stereocenters. The number of oxazole rings is 1. The van der Waals surface area contributed by atoms with E-state index in [0.29, 0.717) is 15.6 Å². The second kappa shape index (κ2) is 4.17. The summed E-state index contributed by atoms with van der Waals surface area (Å²) in [4.78, 5) is 4.18. The van der Waals surface area contributed by atoms with Crippen molar-refractivity contribution in [3.63, 3.8) is 0 Å². The van der Waals surface area contributed by atoms with Gasteiger partial charge in [-0.1, -0.05) is 15.9 Å². The van der Waals surface area contributed by atoms with E-state index in [0.717, 1.165) is 0 Å². The van der Waals surface area contributed by atoms with Gasteiger partial charge in [0.1, 0.15) is 11.3 Å². The standard InChI is InChI=1S/C13H6BrF2NO/c14-8-5-10(16)12-11(6-8)17-13(18-12)7-1-3-9(15)4-2-7/h1-6H. The Balaban J connectivity index is 2.19. The Morgan fingerprint density at radius 1 is 1.06 bits per heavy atom. The molecule has 0 radical (unpaired) electrons. The molecule has 3 rings (SSSR count). The second-order valence-corrected chi connectivity index (χ2v) is 4.68. The zero-order valence-electron chi connectivity index (χ0n) is 8.95. The van der Waals surface area contributed by atoms with Crippen LogP contribution in [0.5, 0.6) is 0 Å². The Morgan fingerprint density at radius 3 is 2.50 bits per heavy atom. The van der Waals surface area contributed by atoms with Crippen molar-refractivity contribution >= 4 is 27.0 Å². The highest BCUT2D eigenvalue weighted by molar-refractivity contribution is 9.10. The molecule has 0 aliphatic heterocycles. The first-order chi connectivity index (χ1) is 8.63. The topological polar surface area (TPSA) is 26.0 Å². The van der Waals surface area contributed by atoms with E-state index in [2.05, 4.69) is 20.9 Å². The highest BCUT2D eigenvalue weighted by atomic mass is 79.9. The lowest BCUT2D eigenvalue weighted by molar-refractivity contribution is 0.563. The molecule has 5 heteroatoms. The largest absolute Gasteiger partial charge is 0.433 e. The summed E-state index contributed by atoms with van der Waals surface area (Å²) >= 11 is 3.19. The Bertz CT molecular complexity index is 722. The molecule has 0 unspecified atom stereocenters. The predicted octanol–water partition coefficient (Wildman–Crippen LogP) is 4.54. The molecule has 2 aromatic carbocycles. The number of hydrogen-bond donors (Lipinski definition) is 0. The van der Waals surface area contributed by atoms with Gasteiger partial charge in [-0.2, -0.15) is 0 Å². The maximum Gasteiger partial charge on any atom is 0.227 e. The van der Waals surface area contributed by atoms with Gasteiger partial charge >= 0.3 is 0 Å². The average molecular weight is 310 g/mol. The van der Waals surface area contributed by atoms with Crippen molar-refractivity contribution in [1.29, 1.82) is 0 Å². The fourth-order valence-electron chi connectivity index (χ4n) is 1.68. The average Bonchev–Trinajstić information content (AvgIpc) is 2.74. The third-order valence-electron chi connectivity index (χ3n) is 2.50. The lowest BCUT2D eigenvalue weighted by Crippen LogP contribution is -1.78. The Labute approximate surface area is 109 Å². The summed E-state index contributed by atoms with van der Waals surface area (Å²) < 4.78 is 32.4. The van der Waals surface area contributed by atoms with E-state index in [1.165, 1.54) is 30.3 Å². The van der Waals surface area contributed by atoms with Crippen molar-refractivity contribution in [2.45, 2.75) is 0 Å². The molecule has 1 aromatic heterocycles. The van der Waals surface area contributed by atoms with Gasteiger partial charge in [-0.15, -0.1) is 0 Å². The molecule has 0 aliphatic rings. The normalized spacial score (nSPS) is 11.1. The third kappa shape index (κ3) is 1.90. The first-order valence-electron chi connectivity index (χ1n) is 5.15. The monoisotopic (exact) mass is 309 g/mol. The zero-order valence-corrected chi connectivity index (χ0v) is 10.5. The van der Waals surface area contributed by atoms with E-state index in [4.69, 9.17) is 4.42 Å². The summed E-state index contributed by atoms with van der Waals surface area (Å²) in [5.74, 6) is -0.564. The summed E-state index contributed by atoms with van der Waals surface area (Å²) in [6.07, 6.45) is 0. The molecule has 0 amide bonds. The molecule has 1 heterocycles. The van der Waals surface area contributed by atoms with Gasteiger partial charge in [0.25, 0.3) is 0 Å². The van der Waals surface area contributed by atoms with Crippen LogP contribution in [0.2, 0.25) is 0 Å². The summed E-state index contributed by atoms with van der Waals surface area (Å²) in [6, 6.07) is 8.64. The van der Waals surface area contributed by atoms with Crippen LogP contribution in [0.25, 0.3) is 22.6 Å². The molecular formula is C13H6BrF2NO. The van der Waals surface area contributed by atoms with Crippen LogP contribution < -0.4 is 0 Å². The van der Waals surface area contributed by atoms with E-state index in [1.54, 1.807) is 6.07 Å². The van der Waals surface area contributed by atoms with Crippen molar-refractivity contribution in [2.75, 3.05) is 0 Å². The van der Waals surface area contributed by atoms with Crippen molar-refractivity contribution in [2.24, 2.45) is 0 Å². The molecule has 0 aliphatic carbocycles. The third-order valence-corrected chi connectivity index (χ3v) is 2.96. The number of benzene rings is 2. The highest BCUT2D eigenvalue weighted by Crippen LogP contribution is 2.28. The lowest BCUT2D eigenvalue weighted by atomic mass is 10.2. The van der Waals surface area contributed by atoms with Crippen LogP contribution in [0.3, 0.4) is 0 Å². The Hall–Kier alpha value is -1.75. The molecule has 2 nitrogen and oxygen atoms in total. The minimum atomic E-state index is -0.486. The minimum Gasteiger partial charge on any atom is -0.433 e.